The Morgan fingerprint density at radius 3 is 1.42 bits per heavy atom. The second kappa shape index (κ2) is 47.5. The highest BCUT2D eigenvalue weighted by molar-refractivity contribution is 7.47. The number of rotatable bonds is 47. The van der Waals surface area contributed by atoms with E-state index in [-0.39, 0.29) is 32.3 Å². The van der Waals surface area contributed by atoms with E-state index in [2.05, 4.69) is 62.5 Å². The van der Waals surface area contributed by atoms with E-state index in [0.717, 1.165) is 64.2 Å². The highest BCUT2D eigenvalue weighted by Crippen LogP contribution is 2.43. The molecule has 0 amide bonds. The van der Waals surface area contributed by atoms with Crippen molar-refractivity contribution in [2.45, 2.75) is 232 Å². The normalized spacial score (nSPS) is 13.8. The molecule has 0 aliphatic carbocycles. The number of ether oxygens (including phenoxy) is 2. The zero-order chi connectivity index (χ0) is 43.0. The molecule has 3 N–H and O–H groups in total. The Bertz CT molecular complexity index is 1050. The zero-order valence-electron chi connectivity index (χ0n) is 38.5. The van der Waals surface area contributed by atoms with Crippen LogP contribution in [0.3, 0.4) is 0 Å². The third-order valence-electron chi connectivity index (χ3n) is 10.5. The van der Waals surface area contributed by atoms with Gasteiger partial charge in [-0.05, 0) is 51.4 Å². The van der Waals surface area contributed by atoms with Crippen LogP contribution >= 0.6 is 7.82 Å². The average Bonchev–Trinajstić information content (AvgIpc) is 3.23. The fraction of sp³-hybridized carbons (Fsp3) is 0.820. The Morgan fingerprint density at radius 1 is 0.525 bits per heavy atom. The highest BCUT2D eigenvalue weighted by Gasteiger charge is 2.25. The van der Waals surface area contributed by atoms with Crippen LogP contribution in [-0.4, -0.2) is 49.9 Å². The van der Waals surface area contributed by atoms with Crippen LogP contribution in [0, 0.1) is 0 Å². The SMILES string of the molecule is CC/C=C\C/C=C\C/C=C\C/C=C\CCCCCCCCCCC(=O)OC(COCCCCCCCCCCCCCCCCCCCCC)COP(=O)(O)OCCN. The first-order valence-electron chi connectivity index (χ1n) is 24.6. The number of phosphoric acid groups is 1. The van der Waals surface area contributed by atoms with Gasteiger partial charge in [0.25, 0.3) is 0 Å². The van der Waals surface area contributed by atoms with Gasteiger partial charge in [-0.15, -0.1) is 0 Å². The molecule has 0 bridgehead atoms. The molecule has 0 radical (unpaired) electrons. The van der Waals surface area contributed by atoms with Gasteiger partial charge in [-0.1, -0.05) is 217 Å². The fourth-order valence-corrected chi connectivity index (χ4v) is 7.70. The molecule has 0 aromatic carbocycles. The Hall–Kier alpha value is -1.54. The number of nitrogens with two attached hydrogens (primary N) is 1. The molecule has 0 heterocycles. The second-order valence-electron chi connectivity index (χ2n) is 16.3. The highest BCUT2D eigenvalue weighted by atomic mass is 31.2. The summed E-state index contributed by atoms with van der Waals surface area (Å²) >= 11 is 0. The van der Waals surface area contributed by atoms with Gasteiger partial charge in [0.05, 0.1) is 19.8 Å². The number of carbonyl (C=O) groups is 1. The zero-order valence-corrected chi connectivity index (χ0v) is 39.4. The van der Waals surface area contributed by atoms with Gasteiger partial charge < -0.3 is 20.1 Å². The summed E-state index contributed by atoms with van der Waals surface area (Å²) in [5.74, 6) is -0.336. The van der Waals surface area contributed by atoms with Crippen molar-refractivity contribution in [2.75, 3.05) is 33.0 Å². The molecule has 2 unspecified atom stereocenters. The van der Waals surface area contributed by atoms with Crippen LogP contribution < -0.4 is 5.73 Å². The molecule has 0 saturated heterocycles. The van der Waals surface area contributed by atoms with Crippen molar-refractivity contribution >= 4 is 13.8 Å². The molecule has 346 valence electrons. The Labute approximate surface area is 364 Å². The lowest BCUT2D eigenvalue weighted by atomic mass is 10.0. The predicted molar refractivity (Wildman–Crippen MR) is 252 cm³/mol. The number of phosphoric ester groups is 1. The van der Waals surface area contributed by atoms with Crippen molar-refractivity contribution in [3.8, 4) is 0 Å². The molecule has 2 atom stereocenters. The first kappa shape index (κ1) is 57.5. The summed E-state index contributed by atoms with van der Waals surface area (Å²) in [4.78, 5) is 22.6. The quantitative estimate of drug-likeness (QED) is 0.0269. The predicted octanol–water partition coefficient (Wildman–Crippen LogP) is 15.1. The monoisotopic (exact) mass is 852 g/mol. The largest absolute Gasteiger partial charge is 0.472 e. The van der Waals surface area contributed by atoms with E-state index in [1.165, 1.54) is 141 Å². The van der Waals surface area contributed by atoms with Gasteiger partial charge in [-0.2, -0.15) is 0 Å². The summed E-state index contributed by atoms with van der Waals surface area (Å²) in [6.45, 7) is 4.84. The lowest BCUT2D eigenvalue weighted by molar-refractivity contribution is -0.154. The lowest BCUT2D eigenvalue weighted by Crippen LogP contribution is -2.28. The minimum absolute atomic E-state index is 0.0971. The molecule has 0 saturated carbocycles. The summed E-state index contributed by atoms with van der Waals surface area (Å²) in [7, 11) is -4.28. The van der Waals surface area contributed by atoms with Crippen LogP contribution in [0.1, 0.15) is 226 Å². The molecular weight excluding hydrogens is 758 g/mol. The van der Waals surface area contributed by atoms with Crippen LogP contribution in [-0.2, 0) is 27.9 Å². The maximum Gasteiger partial charge on any atom is 0.472 e. The van der Waals surface area contributed by atoms with E-state index in [0.29, 0.717) is 13.0 Å². The third kappa shape index (κ3) is 47.4. The number of hydrogen-bond donors (Lipinski definition) is 2. The van der Waals surface area contributed by atoms with E-state index >= 15 is 0 Å². The first-order valence-corrected chi connectivity index (χ1v) is 26.1. The fourth-order valence-electron chi connectivity index (χ4n) is 6.93. The second-order valence-corrected chi connectivity index (χ2v) is 17.8. The number of unbranched alkanes of at least 4 members (excludes halogenated alkanes) is 26. The van der Waals surface area contributed by atoms with Gasteiger partial charge in [0, 0.05) is 19.6 Å². The third-order valence-corrected chi connectivity index (χ3v) is 11.5. The summed E-state index contributed by atoms with van der Waals surface area (Å²) in [5, 5.41) is 0. The van der Waals surface area contributed by atoms with Crippen molar-refractivity contribution in [3.63, 3.8) is 0 Å². The first-order chi connectivity index (χ1) is 28.9. The number of allylic oxidation sites excluding steroid dienone is 8. The molecular formula is C50H94NO7P. The van der Waals surface area contributed by atoms with Gasteiger partial charge in [-0.25, -0.2) is 4.57 Å². The molecule has 0 fully saturated rings. The smallest absolute Gasteiger partial charge is 0.457 e. The standard InChI is InChI=1S/C50H94NO7P/c1-3-5-7-9-11-13-15-17-19-21-23-24-25-27-29-31-33-35-37-39-41-43-50(52)58-49(48-57-59(53,54)56-46-44-51)47-55-45-42-40-38-36-34-32-30-28-26-22-20-18-16-14-12-10-8-6-4-2/h5,7,11,13,17,19,23-24,49H,3-4,6,8-10,12,14-16,18,20-22,25-48,51H2,1-2H3,(H,53,54)/b7-5-,13-11-,19-17-,24-23-. The van der Waals surface area contributed by atoms with E-state index < -0.39 is 13.9 Å². The maximum atomic E-state index is 12.6. The van der Waals surface area contributed by atoms with Gasteiger partial charge in [-0.3, -0.25) is 13.8 Å². The maximum absolute atomic E-state index is 12.6. The topological polar surface area (TPSA) is 117 Å². The molecule has 9 heteroatoms. The molecule has 0 aromatic rings. The molecule has 0 aromatic heterocycles. The molecule has 0 aliphatic heterocycles. The molecule has 8 nitrogen and oxygen atoms in total. The van der Waals surface area contributed by atoms with Crippen LogP contribution in [0.2, 0.25) is 0 Å². The molecule has 0 rings (SSSR count). The van der Waals surface area contributed by atoms with Crippen LogP contribution in [0.5, 0.6) is 0 Å². The number of hydrogen-bond acceptors (Lipinski definition) is 7. The average molecular weight is 852 g/mol. The molecule has 59 heavy (non-hydrogen) atoms. The van der Waals surface area contributed by atoms with Crippen molar-refractivity contribution in [2.24, 2.45) is 5.73 Å². The van der Waals surface area contributed by atoms with Gasteiger partial charge in [0.2, 0.25) is 0 Å². The Balaban J connectivity index is 3.97. The Kier molecular flexibility index (Phi) is 46.3. The van der Waals surface area contributed by atoms with Crippen molar-refractivity contribution in [1.82, 2.24) is 0 Å². The summed E-state index contributed by atoms with van der Waals surface area (Å²) in [6.07, 6.45) is 57.1. The summed E-state index contributed by atoms with van der Waals surface area (Å²) in [5.41, 5.74) is 5.38. The minimum atomic E-state index is -4.28. The van der Waals surface area contributed by atoms with Gasteiger partial charge in [0.1, 0.15) is 6.10 Å². The van der Waals surface area contributed by atoms with Crippen molar-refractivity contribution < 1.29 is 32.8 Å². The van der Waals surface area contributed by atoms with Crippen LogP contribution in [0.25, 0.3) is 0 Å². The van der Waals surface area contributed by atoms with Crippen molar-refractivity contribution in [1.29, 1.82) is 0 Å². The number of carbonyl (C=O) groups excluding carboxylic acids is 1. The lowest BCUT2D eigenvalue weighted by Gasteiger charge is -2.20. The van der Waals surface area contributed by atoms with Crippen LogP contribution in [0.4, 0.5) is 0 Å². The van der Waals surface area contributed by atoms with E-state index in [1.54, 1.807) is 0 Å². The number of esters is 1. The Morgan fingerprint density at radius 2 is 0.949 bits per heavy atom. The molecule has 0 aliphatic rings. The van der Waals surface area contributed by atoms with E-state index in [4.69, 9.17) is 24.3 Å². The van der Waals surface area contributed by atoms with Crippen LogP contribution in [0.15, 0.2) is 48.6 Å². The summed E-state index contributed by atoms with van der Waals surface area (Å²) in [6, 6.07) is 0. The summed E-state index contributed by atoms with van der Waals surface area (Å²) < 4.78 is 33.6. The van der Waals surface area contributed by atoms with E-state index in [1.807, 2.05) is 0 Å². The van der Waals surface area contributed by atoms with Gasteiger partial charge in [0.15, 0.2) is 0 Å². The molecule has 0 spiro atoms. The van der Waals surface area contributed by atoms with Gasteiger partial charge >= 0.3 is 13.8 Å². The van der Waals surface area contributed by atoms with Crippen molar-refractivity contribution in [3.05, 3.63) is 48.6 Å². The van der Waals surface area contributed by atoms with E-state index in [9.17, 15) is 14.3 Å². The minimum Gasteiger partial charge on any atom is -0.457 e.